The van der Waals surface area contributed by atoms with Gasteiger partial charge in [0.2, 0.25) is 0 Å². The smallest absolute Gasteiger partial charge is 0.321 e. The van der Waals surface area contributed by atoms with E-state index in [0.717, 1.165) is 56.0 Å². The number of likely N-dealkylation sites (tertiary alicyclic amines) is 1. The molecule has 1 saturated heterocycles. The van der Waals surface area contributed by atoms with Gasteiger partial charge in [-0.1, -0.05) is 0 Å². The molecule has 3 amide bonds. The van der Waals surface area contributed by atoms with Crippen molar-refractivity contribution in [2.75, 3.05) is 38.6 Å². The number of nitrogens with one attached hydrogen (secondary N) is 1. The van der Waals surface area contributed by atoms with Gasteiger partial charge in [-0.15, -0.1) is 0 Å². The van der Waals surface area contributed by atoms with Gasteiger partial charge in [0.15, 0.2) is 0 Å². The van der Waals surface area contributed by atoms with Crippen molar-refractivity contribution in [3.05, 3.63) is 41.7 Å². The molecule has 0 atom stereocenters. The van der Waals surface area contributed by atoms with Crippen molar-refractivity contribution in [1.29, 1.82) is 0 Å². The Bertz CT molecular complexity index is 900. The summed E-state index contributed by atoms with van der Waals surface area (Å²) < 4.78 is 7.02. The highest BCUT2D eigenvalue weighted by Crippen LogP contribution is 2.29. The second-order valence-electron chi connectivity index (χ2n) is 7.84. The summed E-state index contributed by atoms with van der Waals surface area (Å²) in [6.07, 6.45) is 2.62. The lowest BCUT2D eigenvalue weighted by atomic mass is 9.93. The number of benzene rings is 1. The zero-order chi connectivity index (χ0) is 21.1. The lowest BCUT2D eigenvalue weighted by molar-refractivity contribution is 0.0766. The van der Waals surface area contributed by atoms with E-state index >= 15 is 0 Å². The van der Waals surface area contributed by atoms with E-state index in [-0.39, 0.29) is 17.9 Å². The molecule has 1 aromatic carbocycles. The first-order valence-electron chi connectivity index (χ1n) is 10.7. The first-order chi connectivity index (χ1) is 14.6. The van der Waals surface area contributed by atoms with Crippen LogP contribution in [0.5, 0.6) is 5.75 Å². The molecule has 30 heavy (non-hydrogen) atoms. The molecule has 0 aliphatic carbocycles. The van der Waals surface area contributed by atoms with E-state index in [4.69, 9.17) is 9.84 Å². The Kier molecular flexibility index (Phi) is 5.92. The van der Waals surface area contributed by atoms with Crippen LogP contribution in [0.3, 0.4) is 0 Å². The fourth-order valence-electron chi connectivity index (χ4n) is 4.21. The molecule has 2 aromatic rings. The van der Waals surface area contributed by atoms with Gasteiger partial charge in [-0.05, 0) is 56.5 Å². The fourth-order valence-corrected chi connectivity index (χ4v) is 4.21. The summed E-state index contributed by atoms with van der Waals surface area (Å²) in [5, 5.41) is 7.69. The minimum atomic E-state index is -0.0898. The number of hydrogen-bond acceptors (Lipinski definition) is 4. The molecule has 8 nitrogen and oxygen atoms in total. The normalized spacial score (nSPS) is 17.5. The Morgan fingerprint density at radius 3 is 2.57 bits per heavy atom. The summed E-state index contributed by atoms with van der Waals surface area (Å²) >= 11 is 0. The van der Waals surface area contributed by atoms with E-state index in [0.29, 0.717) is 18.8 Å². The molecule has 0 saturated carbocycles. The topological polar surface area (TPSA) is 79.7 Å². The number of nitrogens with zero attached hydrogens (tertiary/aromatic N) is 4. The van der Waals surface area contributed by atoms with E-state index in [9.17, 15) is 9.59 Å². The Morgan fingerprint density at radius 2 is 1.90 bits per heavy atom. The maximum absolute atomic E-state index is 12.7. The highest BCUT2D eigenvalue weighted by Gasteiger charge is 2.29. The van der Waals surface area contributed by atoms with Crippen LogP contribution in [-0.2, 0) is 6.54 Å². The second kappa shape index (κ2) is 8.77. The summed E-state index contributed by atoms with van der Waals surface area (Å²) in [7, 11) is 1.62. The van der Waals surface area contributed by atoms with Crippen molar-refractivity contribution in [3.8, 4) is 5.75 Å². The van der Waals surface area contributed by atoms with Crippen LogP contribution in [0.25, 0.3) is 0 Å². The Hall–Kier alpha value is -3.03. The van der Waals surface area contributed by atoms with E-state index in [1.54, 1.807) is 7.11 Å². The Balaban J connectivity index is 1.36. The predicted molar refractivity (Wildman–Crippen MR) is 114 cm³/mol. The summed E-state index contributed by atoms with van der Waals surface area (Å²) in [6.45, 7) is 5.64. The number of carbonyl (C=O) groups excluding carboxylic acids is 2. The van der Waals surface area contributed by atoms with Crippen molar-refractivity contribution in [1.82, 2.24) is 19.6 Å². The molecule has 3 heterocycles. The minimum Gasteiger partial charge on any atom is -0.497 e. The zero-order valence-corrected chi connectivity index (χ0v) is 17.6. The monoisotopic (exact) mass is 411 g/mol. The number of fused-ring (bicyclic) bond motifs is 1. The van der Waals surface area contributed by atoms with Crippen LogP contribution in [-0.4, -0.2) is 64.8 Å². The minimum absolute atomic E-state index is 0.0741. The third-order valence-corrected chi connectivity index (χ3v) is 6.03. The number of carbonyl (C=O) groups is 2. The van der Waals surface area contributed by atoms with Gasteiger partial charge in [-0.2, -0.15) is 5.10 Å². The molecular weight excluding hydrogens is 382 g/mol. The van der Waals surface area contributed by atoms with Crippen molar-refractivity contribution in [3.63, 3.8) is 0 Å². The summed E-state index contributed by atoms with van der Waals surface area (Å²) in [6, 6.07) is 9.19. The number of rotatable bonds is 4. The van der Waals surface area contributed by atoms with Crippen LogP contribution in [0.15, 0.2) is 30.3 Å². The molecule has 1 N–H and O–H groups in total. The number of piperidine rings is 1. The van der Waals surface area contributed by atoms with Crippen LogP contribution in [0.1, 0.15) is 48.3 Å². The van der Waals surface area contributed by atoms with Crippen LogP contribution >= 0.6 is 0 Å². The molecule has 0 spiro atoms. The number of anilines is 1. The lowest BCUT2D eigenvalue weighted by Crippen LogP contribution is -2.40. The molecule has 4 rings (SSSR count). The second-order valence-corrected chi connectivity index (χ2v) is 7.84. The van der Waals surface area contributed by atoms with Gasteiger partial charge in [-0.3, -0.25) is 9.48 Å². The van der Waals surface area contributed by atoms with Gasteiger partial charge in [0.1, 0.15) is 11.4 Å². The molecule has 160 valence electrons. The maximum Gasteiger partial charge on any atom is 0.321 e. The number of methoxy groups -OCH3 is 1. The summed E-state index contributed by atoms with van der Waals surface area (Å²) in [5.74, 6) is 1.11. The number of aromatic nitrogens is 2. The van der Waals surface area contributed by atoms with Crippen molar-refractivity contribution in [2.24, 2.45) is 0 Å². The quantitative estimate of drug-likeness (QED) is 0.838. The van der Waals surface area contributed by atoms with Crippen LogP contribution in [0.4, 0.5) is 10.5 Å². The van der Waals surface area contributed by atoms with E-state index in [2.05, 4.69) is 5.32 Å². The first-order valence-corrected chi connectivity index (χ1v) is 10.7. The number of hydrogen-bond donors (Lipinski definition) is 1. The van der Waals surface area contributed by atoms with Crippen molar-refractivity contribution < 1.29 is 14.3 Å². The molecule has 2 aliphatic rings. The van der Waals surface area contributed by atoms with E-state index in [1.165, 1.54) is 0 Å². The number of amides is 3. The number of urea groups is 1. The third-order valence-electron chi connectivity index (χ3n) is 6.03. The largest absolute Gasteiger partial charge is 0.497 e. The molecule has 1 fully saturated rings. The molecule has 0 unspecified atom stereocenters. The van der Waals surface area contributed by atoms with Crippen LogP contribution < -0.4 is 10.1 Å². The first kappa shape index (κ1) is 20.3. The van der Waals surface area contributed by atoms with Gasteiger partial charge in [-0.25, -0.2) is 4.79 Å². The standard InChI is InChI=1S/C22H29N5O3/c1-3-25-11-4-12-27-20(21(25)28)15-19(24-27)16-9-13-26(14-10-16)22(29)23-17-5-7-18(30-2)8-6-17/h5-8,15-16H,3-4,9-14H2,1-2H3,(H,23,29). The number of aryl methyl sites for hydroxylation is 1. The summed E-state index contributed by atoms with van der Waals surface area (Å²) in [4.78, 5) is 29.0. The predicted octanol–water partition coefficient (Wildman–Crippen LogP) is 3.17. The molecule has 0 radical (unpaired) electrons. The van der Waals surface area contributed by atoms with E-state index < -0.39 is 0 Å². The molecule has 2 aliphatic heterocycles. The lowest BCUT2D eigenvalue weighted by Gasteiger charge is -2.31. The van der Waals surface area contributed by atoms with Gasteiger partial charge < -0.3 is 19.9 Å². The average Bonchev–Trinajstić information content (AvgIpc) is 3.15. The zero-order valence-electron chi connectivity index (χ0n) is 17.6. The Labute approximate surface area is 176 Å². The van der Waals surface area contributed by atoms with E-state index in [1.807, 2.05) is 51.7 Å². The third kappa shape index (κ3) is 4.13. The maximum atomic E-state index is 12.7. The number of ether oxygens (including phenoxy) is 1. The average molecular weight is 412 g/mol. The van der Waals surface area contributed by atoms with Gasteiger partial charge in [0, 0.05) is 44.3 Å². The Morgan fingerprint density at radius 1 is 1.17 bits per heavy atom. The van der Waals surface area contributed by atoms with Crippen molar-refractivity contribution in [2.45, 2.75) is 38.6 Å². The molecule has 0 bridgehead atoms. The SMILES string of the molecule is CCN1CCCn2nc(C3CCN(C(=O)Nc4ccc(OC)cc4)CC3)cc2C1=O. The van der Waals surface area contributed by atoms with Gasteiger partial charge in [0.05, 0.1) is 12.8 Å². The van der Waals surface area contributed by atoms with Crippen LogP contribution in [0, 0.1) is 0 Å². The van der Waals surface area contributed by atoms with Gasteiger partial charge in [0.25, 0.3) is 5.91 Å². The molecule has 8 heteroatoms. The molecular formula is C22H29N5O3. The summed E-state index contributed by atoms with van der Waals surface area (Å²) in [5.41, 5.74) is 2.43. The highest BCUT2D eigenvalue weighted by molar-refractivity contribution is 5.93. The van der Waals surface area contributed by atoms with Crippen LogP contribution in [0.2, 0.25) is 0 Å². The molecule has 1 aromatic heterocycles. The fraction of sp³-hybridized carbons (Fsp3) is 0.500. The highest BCUT2D eigenvalue weighted by atomic mass is 16.5. The van der Waals surface area contributed by atoms with Crippen molar-refractivity contribution >= 4 is 17.6 Å². The van der Waals surface area contributed by atoms with Gasteiger partial charge >= 0.3 is 6.03 Å².